The molecule has 0 radical (unpaired) electrons. The average Bonchev–Trinajstić information content (AvgIpc) is 3.74. The molecule has 8 rings (SSSR count). The lowest BCUT2D eigenvalue weighted by molar-refractivity contribution is -0.134. The lowest BCUT2D eigenvalue weighted by atomic mass is 9.91. The first kappa shape index (κ1) is 46.4. The van der Waals surface area contributed by atoms with Crippen LogP contribution in [0, 0.1) is 17.6 Å². The number of hydrogen-bond acceptors (Lipinski definition) is 13. The minimum atomic E-state index is -3.75. The monoisotopic (exact) mass is 940 g/mol. The number of hydrogen-bond donors (Lipinski definition) is 3. The number of aromatic nitrogens is 4. The zero-order chi connectivity index (χ0) is 46.8. The van der Waals surface area contributed by atoms with Crippen molar-refractivity contribution in [2.45, 2.75) is 77.6 Å². The largest absolute Gasteiger partial charge is 0.366 e. The molecule has 3 N–H and O–H groups in total. The highest BCUT2D eigenvalue weighted by Crippen LogP contribution is 2.42. The highest BCUT2D eigenvalue weighted by Gasteiger charge is 2.31. The SMILES string of the molecule is CCCS(=O)(=O)Nc1cccc(-c2nc(C(C)(C)C)sc2-c2ccnc(Nc3ccc(N4CCN(C(=O)CC5CCN(c6ccc([C@H]7CCC(=O)NC7=O)cn6)CC5)CC4)c(F)c3)n2)c1F. The molecule has 0 saturated carbocycles. The maximum absolute atomic E-state index is 16.1. The van der Waals surface area contributed by atoms with E-state index in [1.165, 1.54) is 23.5 Å². The van der Waals surface area contributed by atoms with Crippen molar-refractivity contribution in [1.82, 2.24) is 30.2 Å². The highest BCUT2D eigenvalue weighted by molar-refractivity contribution is 7.92. The number of amides is 3. The van der Waals surface area contributed by atoms with E-state index < -0.39 is 21.7 Å². The number of thiazole rings is 1. The number of carbonyl (C=O) groups is 3. The molecule has 348 valence electrons. The number of pyridine rings is 1. The summed E-state index contributed by atoms with van der Waals surface area (Å²) in [6.45, 7) is 11.2. The van der Waals surface area contributed by atoms with Gasteiger partial charge in [-0.05, 0) is 79.6 Å². The number of rotatable bonds is 13. The second kappa shape index (κ2) is 19.4. The van der Waals surface area contributed by atoms with Crippen molar-refractivity contribution in [3.05, 3.63) is 89.2 Å². The molecular formula is C47H54F2N10O5S2. The summed E-state index contributed by atoms with van der Waals surface area (Å²) in [4.78, 5) is 62.4. The van der Waals surface area contributed by atoms with Gasteiger partial charge in [0.05, 0.1) is 44.3 Å². The van der Waals surface area contributed by atoms with Crippen LogP contribution < -0.4 is 25.2 Å². The zero-order valence-electron chi connectivity index (χ0n) is 37.4. The number of sulfonamides is 1. The maximum Gasteiger partial charge on any atom is 0.234 e. The molecule has 0 bridgehead atoms. The van der Waals surface area contributed by atoms with Crippen molar-refractivity contribution < 1.29 is 31.6 Å². The first-order chi connectivity index (χ1) is 31.5. The minimum absolute atomic E-state index is 0.107. The third kappa shape index (κ3) is 10.6. The van der Waals surface area contributed by atoms with Crippen LogP contribution >= 0.6 is 11.3 Å². The zero-order valence-corrected chi connectivity index (χ0v) is 39.1. The molecule has 3 amide bonds. The molecule has 3 aliphatic rings. The molecule has 1 atom stereocenters. The van der Waals surface area contributed by atoms with Crippen molar-refractivity contribution in [3.8, 4) is 21.8 Å². The summed E-state index contributed by atoms with van der Waals surface area (Å²) in [5.74, 6) is -0.843. The molecule has 3 saturated heterocycles. The number of anilines is 5. The summed E-state index contributed by atoms with van der Waals surface area (Å²) in [7, 11) is -3.75. The molecule has 3 aromatic heterocycles. The van der Waals surface area contributed by atoms with Gasteiger partial charge in [0, 0.05) is 81.2 Å². The van der Waals surface area contributed by atoms with Crippen LogP contribution in [-0.4, -0.2) is 96.0 Å². The topological polar surface area (TPSA) is 183 Å². The van der Waals surface area contributed by atoms with E-state index in [1.54, 1.807) is 49.6 Å². The summed E-state index contributed by atoms with van der Waals surface area (Å²) in [5.41, 5.74) is 1.98. The third-order valence-corrected chi connectivity index (χ3v) is 15.1. The van der Waals surface area contributed by atoms with Gasteiger partial charge in [0.2, 0.25) is 33.7 Å². The Balaban J connectivity index is 0.861. The van der Waals surface area contributed by atoms with Gasteiger partial charge in [-0.15, -0.1) is 11.3 Å². The number of benzene rings is 2. The third-order valence-electron chi connectivity index (χ3n) is 12.1. The molecular weight excluding hydrogens is 887 g/mol. The number of nitrogens with zero attached hydrogens (tertiary/aromatic N) is 7. The molecule has 5 aromatic rings. The van der Waals surface area contributed by atoms with Gasteiger partial charge in [0.25, 0.3) is 0 Å². The van der Waals surface area contributed by atoms with Crippen molar-refractivity contribution in [1.29, 1.82) is 0 Å². The molecule has 0 aliphatic carbocycles. The first-order valence-electron chi connectivity index (χ1n) is 22.3. The maximum atomic E-state index is 16.1. The number of imide groups is 1. The van der Waals surface area contributed by atoms with Gasteiger partial charge in [-0.3, -0.25) is 24.4 Å². The lowest BCUT2D eigenvalue weighted by Gasteiger charge is -2.38. The van der Waals surface area contributed by atoms with E-state index in [9.17, 15) is 22.8 Å². The Hall–Kier alpha value is -6.08. The Kier molecular flexibility index (Phi) is 13.7. The Labute approximate surface area is 387 Å². The number of piperidine rings is 2. The summed E-state index contributed by atoms with van der Waals surface area (Å²) in [6.07, 6.45) is 6.63. The number of carbonyl (C=O) groups excluding carboxylic acids is 3. The van der Waals surface area contributed by atoms with Crippen molar-refractivity contribution in [2.75, 3.05) is 64.9 Å². The van der Waals surface area contributed by atoms with Gasteiger partial charge in [-0.1, -0.05) is 39.8 Å². The molecule has 2 aromatic carbocycles. The Morgan fingerprint density at radius 3 is 2.38 bits per heavy atom. The Morgan fingerprint density at radius 1 is 0.924 bits per heavy atom. The van der Waals surface area contributed by atoms with E-state index in [2.05, 4.69) is 30.2 Å². The number of nitrogens with one attached hydrogen (secondary N) is 3. The van der Waals surface area contributed by atoms with E-state index in [0.29, 0.717) is 79.5 Å². The van der Waals surface area contributed by atoms with Gasteiger partial charge in [0.15, 0.2) is 5.82 Å². The summed E-state index contributed by atoms with van der Waals surface area (Å²) in [5, 5.41) is 6.23. The van der Waals surface area contributed by atoms with Crippen LogP contribution in [0.5, 0.6) is 0 Å². The standard InChI is InChI=1S/C47H54F2N10O5S2/c1-5-25-66(63,64)56-35-8-6-7-33(41(35)49)42-43(65-45(55-42)47(2,3)4)36-15-18-50-46(53-36)52-31-10-12-37(34(48)27-31)57-21-23-59(24-22-57)40(61)26-29-16-19-58(20-17-29)38-13-9-30(28-51-38)32-11-14-39(60)54-44(32)62/h6-10,12-13,15,18,27-29,32,56H,5,11,14,16-17,19-26H2,1-4H3,(H,50,52,53)(H,54,60,62)/t32-/m1/s1. The molecule has 15 nitrogen and oxygen atoms in total. The number of halogens is 2. The molecule has 19 heteroatoms. The summed E-state index contributed by atoms with van der Waals surface area (Å²) in [6, 6.07) is 14.9. The number of piperazine rings is 1. The van der Waals surface area contributed by atoms with Crippen LogP contribution in [0.3, 0.4) is 0 Å². The van der Waals surface area contributed by atoms with Gasteiger partial charge in [0.1, 0.15) is 11.6 Å². The van der Waals surface area contributed by atoms with Gasteiger partial charge in [-0.25, -0.2) is 37.1 Å². The fourth-order valence-electron chi connectivity index (χ4n) is 8.53. The van der Waals surface area contributed by atoms with Crippen molar-refractivity contribution in [2.24, 2.45) is 5.92 Å². The van der Waals surface area contributed by atoms with Crippen LogP contribution in [0.4, 0.5) is 37.6 Å². The molecule has 3 fully saturated rings. The van der Waals surface area contributed by atoms with Gasteiger partial charge in [-0.2, -0.15) is 0 Å². The van der Waals surface area contributed by atoms with Gasteiger partial charge >= 0.3 is 0 Å². The minimum Gasteiger partial charge on any atom is -0.366 e. The quantitative estimate of drug-likeness (QED) is 0.0985. The van der Waals surface area contributed by atoms with Crippen LogP contribution in [-0.2, 0) is 29.8 Å². The summed E-state index contributed by atoms with van der Waals surface area (Å²) >= 11 is 1.36. The normalized spacial score (nSPS) is 17.5. The van der Waals surface area contributed by atoms with E-state index >= 15 is 8.78 Å². The Bertz CT molecular complexity index is 2710. The fourth-order valence-corrected chi connectivity index (χ4v) is 10.8. The summed E-state index contributed by atoms with van der Waals surface area (Å²) < 4.78 is 59.3. The van der Waals surface area contributed by atoms with E-state index in [0.717, 1.165) is 42.3 Å². The van der Waals surface area contributed by atoms with Crippen LogP contribution in [0.15, 0.2) is 67.0 Å². The van der Waals surface area contributed by atoms with Crippen molar-refractivity contribution in [3.63, 3.8) is 0 Å². The van der Waals surface area contributed by atoms with E-state index in [-0.39, 0.29) is 57.9 Å². The first-order valence-corrected chi connectivity index (χ1v) is 24.8. The predicted molar refractivity (Wildman–Crippen MR) is 252 cm³/mol. The van der Waals surface area contributed by atoms with E-state index in [1.807, 2.05) is 42.7 Å². The average molecular weight is 941 g/mol. The molecule has 0 spiro atoms. The van der Waals surface area contributed by atoms with Crippen LogP contribution in [0.1, 0.15) is 82.7 Å². The smallest absolute Gasteiger partial charge is 0.234 e. The Morgan fingerprint density at radius 2 is 1.70 bits per heavy atom. The molecule has 0 unspecified atom stereocenters. The lowest BCUT2D eigenvalue weighted by Crippen LogP contribution is -2.49. The highest BCUT2D eigenvalue weighted by atomic mass is 32.2. The second-order valence-electron chi connectivity index (χ2n) is 18.0. The predicted octanol–water partition coefficient (Wildman–Crippen LogP) is 7.61. The van der Waals surface area contributed by atoms with Crippen LogP contribution in [0.25, 0.3) is 21.8 Å². The van der Waals surface area contributed by atoms with Crippen LogP contribution in [0.2, 0.25) is 0 Å². The van der Waals surface area contributed by atoms with Crippen molar-refractivity contribution >= 4 is 67.9 Å². The van der Waals surface area contributed by atoms with Gasteiger partial charge < -0.3 is 20.0 Å². The molecule has 6 heterocycles. The fraction of sp³-hybridized carbons (Fsp3) is 0.426. The van der Waals surface area contributed by atoms with E-state index in [4.69, 9.17) is 9.97 Å². The molecule has 3 aliphatic heterocycles. The molecule has 66 heavy (non-hydrogen) atoms. The second-order valence-corrected chi connectivity index (χ2v) is 20.9.